The predicted molar refractivity (Wildman–Crippen MR) is 114 cm³/mol. The van der Waals surface area contributed by atoms with Crippen molar-refractivity contribution in [2.45, 2.75) is 6.61 Å². The Balaban J connectivity index is 1.82. The monoisotopic (exact) mass is 371 g/mol. The third kappa shape index (κ3) is 3.48. The third-order valence-electron chi connectivity index (χ3n) is 4.63. The van der Waals surface area contributed by atoms with Crippen LogP contribution in [0.3, 0.4) is 0 Å². The van der Waals surface area contributed by atoms with E-state index in [0.717, 1.165) is 33.8 Å². The highest BCUT2D eigenvalue weighted by molar-refractivity contribution is 6.37. The minimum absolute atomic E-state index is 0.150. The molecule has 3 aromatic carbocycles. The normalized spacial score (nSPS) is 14.4. The lowest BCUT2D eigenvalue weighted by atomic mass is 9.99. The van der Waals surface area contributed by atoms with Gasteiger partial charge in [-0.3, -0.25) is 4.79 Å². The molecule has 1 aliphatic rings. The van der Waals surface area contributed by atoms with Gasteiger partial charge in [0.15, 0.2) is 0 Å². The number of methoxy groups -OCH3 is 1. The lowest BCUT2D eigenvalue weighted by molar-refractivity contribution is -0.110. The van der Waals surface area contributed by atoms with E-state index in [1.165, 1.54) is 0 Å². The average molecular weight is 371 g/mol. The molecule has 0 aliphatic carbocycles. The molecule has 0 unspecified atom stereocenters. The Morgan fingerprint density at radius 1 is 1.04 bits per heavy atom. The van der Waals surface area contributed by atoms with E-state index < -0.39 is 0 Å². The van der Waals surface area contributed by atoms with Gasteiger partial charge in [-0.25, -0.2) is 0 Å². The molecule has 4 rings (SSSR count). The molecule has 1 amide bonds. The van der Waals surface area contributed by atoms with Crippen LogP contribution in [0.15, 0.2) is 72.8 Å². The Morgan fingerprint density at radius 2 is 1.79 bits per heavy atom. The number of nitrogen functional groups attached to an aromatic ring is 1. The summed E-state index contributed by atoms with van der Waals surface area (Å²) in [6.45, 7) is 0.558. The average Bonchev–Trinajstić information content (AvgIpc) is 3.03. The number of nitrogens with one attached hydrogen (secondary N) is 2. The van der Waals surface area contributed by atoms with E-state index in [1.54, 1.807) is 13.2 Å². The maximum absolute atomic E-state index is 12.8. The van der Waals surface area contributed by atoms with Crippen molar-refractivity contribution >= 4 is 34.2 Å². The first-order chi connectivity index (χ1) is 13.7. The Kier molecular flexibility index (Phi) is 4.83. The van der Waals surface area contributed by atoms with Crippen molar-refractivity contribution in [3.63, 3.8) is 0 Å². The zero-order chi connectivity index (χ0) is 19.5. The summed E-state index contributed by atoms with van der Waals surface area (Å²) >= 11 is 0. The first kappa shape index (κ1) is 17.8. The molecule has 0 spiro atoms. The molecule has 0 fully saturated rings. The molecule has 0 saturated heterocycles. The van der Waals surface area contributed by atoms with Gasteiger partial charge in [-0.1, -0.05) is 42.5 Å². The largest absolute Gasteiger partial charge is 0.399 e. The highest BCUT2D eigenvalue weighted by Crippen LogP contribution is 2.38. The number of carbonyl (C=O) groups excluding carboxylic acids is 1. The minimum Gasteiger partial charge on any atom is -0.399 e. The molecule has 4 N–H and O–H groups in total. The highest BCUT2D eigenvalue weighted by atomic mass is 16.5. The van der Waals surface area contributed by atoms with Crippen LogP contribution in [0, 0.1) is 0 Å². The first-order valence-corrected chi connectivity index (χ1v) is 9.01. The standard InChI is InChI=1S/C23H21N3O2/c1-28-14-15-7-10-18(11-8-15)25-22(16-5-3-2-4-6-16)21-19-13-17(24)9-12-20(19)26-23(21)27/h2-13,25H,14,24H2,1H3,(H,26,27)/b22-21-. The van der Waals surface area contributed by atoms with E-state index >= 15 is 0 Å². The van der Waals surface area contributed by atoms with Crippen LogP contribution in [0.25, 0.3) is 11.3 Å². The number of anilines is 3. The fourth-order valence-electron chi connectivity index (χ4n) is 3.31. The maximum Gasteiger partial charge on any atom is 0.258 e. The summed E-state index contributed by atoms with van der Waals surface area (Å²) in [5.41, 5.74) is 12.4. The number of rotatable bonds is 5. The van der Waals surface area contributed by atoms with Gasteiger partial charge in [-0.2, -0.15) is 0 Å². The second kappa shape index (κ2) is 7.58. The summed E-state index contributed by atoms with van der Waals surface area (Å²) in [5.74, 6) is -0.150. The smallest absolute Gasteiger partial charge is 0.258 e. The van der Waals surface area contributed by atoms with E-state index in [-0.39, 0.29) is 5.91 Å². The molecular formula is C23H21N3O2. The second-order valence-electron chi connectivity index (χ2n) is 6.63. The topological polar surface area (TPSA) is 76.4 Å². The molecule has 0 bridgehead atoms. The molecule has 0 saturated carbocycles. The van der Waals surface area contributed by atoms with Gasteiger partial charge >= 0.3 is 0 Å². The van der Waals surface area contributed by atoms with Crippen molar-refractivity contribution in [3.05, 3.63) is 89.5 Å². The molecule has 0 aromatic heterocycles. The number of benzene rings is 3. The van der Waals surface area contributed by atoms with E-state index in [0.29, 0.717) is 17.9 Å². The number of ether oxygens (including phenoxy) is 1. The van der Waals surface area contributed by atoms with Crippen molar-refractivity contribution in [1.82, 2.24) is 0 Å². The number of amides is 1. The first-order valence-electron chi connectivity index (χ1n) is 9.01. The van der Waals surface area contributed by atoms with E-state index in [1.807, 2.05) is 66.7 Å². The lowest BCUT2D eigenvalue weighted by Gasteiger charge is -2.15. The Labute approximate surface area is 163 Å². The summed E-state index contributed by atoms with van der Waals surface area (Å²) in [6.07, 6.45) is 0. The summed E-state index contributed by atoms with van der Waals surface area (Å²) in [7, 11) is 1.67. The van der Waals surface area contributed by atoms with Crippen LogP contribution in [0.4, 0.5) is 17.1 Å². The fraction of sp³-hybridized carbons (Fsp3) is 0.0870. The summed E-state index contributed by atoms with van der Waals surface area (Å²) in [4.78, 5) is 12.8. The molecule has 3 aromatic rings. The second-order valence-corrected chi connectivity index (χ2v) is 6.63. The molecule has 5 heteroatoms. The molecule has 5 nitrogen and oxygen atoms in total. The third-order valence-corrected chi connectivity index (χ3v) is 4.63. The number of fused-ring (bicyclic) bond motifs is 1. The van der Waals surface area contributed by atoms with Crippen molar-refractivity contribution in [3.8, 4) is 0 Å². The molecule has 28 heavy (non-hydrogen) atoms. The Morgan fingerprint density at radius 3 is 2.50 bits per heavy atom. The summed E-state index contributed by atoms with van der Waals surface area (Å²) < 4.78 is 5.17. The zero-order valence-corrected chi connectivity index (χ0v) is 15.5. The Hall–Kier alpha value is -3.57. The van der Waals surface area contributed by atoms with Gasteiger partial charge in [0, 0.05) is 29.7 Å². The summed E-state index contributed by atoms with van der Waals surface area (Å²) in [5, 5.41) is 6.36. The quantitative estimate of drug-likeness (QED) is 0.460. The van der Waals surface area contributed by atoms with Gasteiger partial charge < -0.3 is 21.1 Å². The van der Waals surface area contributed by atoms with Crippen LogP contribution < -0.4 is 16.4 Å². The molecule has 140 valence electrons. The van der Waals surface area contributed by atoms with Gasteiger partial charge in [0.1, 0.15) is 0 Å². The van der Waals surface area contributed by atoms with Crippen LogP contribution in [-0.4, -0.2) is 13.0 Å². The van der Waals surface area contributed by atoms with Gasteiger partial charge in [-0.05, 0) is 41.5 Å². The predicted octanol–water partition coefficient (Wildman–Crippen LogP) is 4.35. The maximum atomic E-state index is 12.8. The van der Waals surface area contributed by atoms with Crippen LogP contribution in [0.2, 0.25) is 0 Å². The lowest BCUT2D eigenvalue weighted by Crippen LogP contribution is -2.10. The van der Waals surface area contributed by atoms with Gasteiger partial charge in [0.25, 0.3) is 5.91 Å². The minimum atomic E-state index is -0.150. The molecule has 0 radical (unpaired) electrons. The number of hydrogen-bond donors (Lipinski definition) is 3. The summed E-state index contributed by atoms with van der Waals surface area (Å²) in [6, 6.07) is 23.2. The van der Waals surface area contributed by atoms with Crippen molar-refractivity contribution in [1.29, 1.82) is 0 Å². The van der Waals surface area contributed by atoms with Crippen molar-refractivity contribution in [2.24, 2.45) is 0 Å². The van der Waals surface area contributed by atoms with Crippen LogP contribution in [0.1, 0.15) is 16.7 Å². The molecule has 0 atom stereocenters. The van der Waals surface area contributed by atoms with Gasteiger partial charge in [0.05, 0.1) is 17.9 Å². The fourth-order valence-corrected chi connectivity index (χ4v) is 3.31. The highest BCUT2D eigenvalue weighted by Gasteiger charge is 2.28. The van der Waals surface area contributed by atoms with E-state index in [4.69, 9.17) is 10.5 Å². The van der Waals surface area contributed by atoms with E-state index in [9.17, 15) is 4.79 Å². The molecule has 1 aliphatic heterocycles. The number of hydrogen-bond acceptors (Lipinski definition) is 4. The van der Waals surface area contributed by atoms with E-state index in [2.05, 4.69) is 10.6 Å². The number of carbonyl (C=O) groups is 1. The SMILES string of the molecule is COCc1ccc(N/C(=C2\C(=O)Nc3ccc(N)cc32)c2ccccc2)cc1. The zero-order valence-electron chi connectivity index (χ0n) is 15.5. The van der Waals surface area contributed by atoms with Crippen LogP contribution in [-0.2, 0) is 16.1 Å². The van der Waals surface area contributed by atoms with Crippen molar-refractivity contribution < 1.29 is 9.53 Å². The van der Waals surface area contributed by atoms with Gasteiger partial charge in [0.2, 0.25) is 0 Å². The van der Waals surface area contributed by atoms with Crippen molar-refractivity contribution in [2.75, 3.05) is 23.5 Å². The Bertz CT molecular complexity index is 1040. The van der Waals surface area contributed by atoms with Crippen LogP contribution in [0.5, 0.6) is 0 Å². The van der Waals surface area contributed by atoms with Gasteiger partial charge in [-0.15, -0.1) is 0 Å². The molecule has 1 heterocycles. The molecular weight excluding hydrogens is 350 g/mol. The van der Waals surface area contributed by atoms with Crippen LogP contribution >= 0.6 is 0 Å². The number of nitrogens with two attached hydrogens (primary N) is 1.